The Labute approximate surface area is 148 Å². The molecule has 0 aliphatic carbocycles. The highest BCUT2D eigenvalue weighted by molar-refractivity contribution is 5.94. The SMILES string of the molecule is O=C(c1cc(F)cc(F)c1)N1CCCN(Cc2cc(F)ccc2F)CC1. The fraction of sp³-hybridized carbons (Fsp3) is 0.316. The number of hydrogen-bond acceptors (Lipinski definition) is 2. The molecule has 0 unspecified atom stereocenters. The first-order chi connectivity index (χ1) is 12.4. The van der Waals surface area contributed by atoms with Gasteiger partial charge < -0.3 is 4.90 Å². The molecule has 7 heteroatoms. The summed E-state index contributed by atoms with van der Waals surface area (Å²) < 4.78 is 53.8. The Morgan fingerprint density at radius 1 is 0.846 bits per heavy atom. The maximum atomic E-state index is 13.8. The van der Waals surface area contributed by atoms with E-state index in [1.165, 1.54) is 11.0 Å². The van der Waals surface area contributed by atoms with E-state index in [0.29, 0.717) is 38.7 Å². The van der Waals surface area contributed by atoms with Gasteiger partial charge >= 0.3 is 0 Å². The van der Waals surface area contributed by atoms with Gasteiger partial charge in [-0.3, -0.25) is 9.69 Å². The van der Waals surface area contributed by atoms with Crippen molar-refractivity contribution in [2.75, 3.05) is 26.2 Å². The van der Waals surface area contributed by atoms with Crippen LogP contribution in [-0.4, -0.2) is 41.9 Å². The van der Waals surface area contributed by atoms with Crippen LogP contribution in [0.1, 0.15) is 22.3 Å². The van der Waals surface area contributed by atoms with Crippen LogP contribution in [0.2, 0.25) is 0 Å². The summed E-state index contributed by atoms with van der Waals surface area (Å²) in [6.45, 7) is 2.07. The van der Waals surface area contributed by atoms with E-state index in [1.54, 1.807) is 0 Å². The van der Waals surface area contributed by atoms with Crippen LogP contribution in [0.5, 0.6) is 0 Å². The average Bonchev–Trinajstić information content (AvgIpc) is 2.82. The van der Waals surface area contributed by atoms with E-state index in [2.05, 4.69) is 0 Å². The number of amides is 1. The lowest BCUT2D eigenvalue weighted by Gasteiger charge is -2.22. The molecular weight excluding hydrogens is 348 g/mol. The largest absolute Gasteiger partial charge is 0.337 e. The molecule has 1 aliphatic heterocycles. The number of hydrogen-bond donors (Lipinski definition) is 0. The first-order valence-electron chi connectivity index (χ1n) is 8.34. The normalized spacial score (nSPS) is 15.8. The van der Waals surface area contributed by atoms with Crippen LogP contribution >= 0.6 is 0 Å². The van der Waals surface area contributed by atoms with Crippen LogP contribution in [0.25, 0.3) is 0 Å². The number of benzene rings is 2. The zero-order valence-corrected chi connectivity index (χ0v) is 14.0. The predicted octanol–water partition coefficient (Wildman–Crippen LogP) is 3.59. The van der Waals surface area contributed by atoms with Gasteiger partial charge in [-0.1, -0.05) is 0 Å². The van der Waals surface area contributed by atoms with E-state index in [4.69, 9.17) is 0 Å². The van der Waals surface area contributed by atoms with Crippen molar-refractivity contribution in [3.05, 3.63) is 70.8 Å². The third kappa shape index (κ3) is 4.40. The molecule has 0 N–H and O–H groups in total. The number of rotatable bonds is 3. The van der Waals surface area contributed by atoms with E-state index in [0.717, 1.165) is 24.3 Å². The smallest absolute Gasteiger partial charge is 0.254 e. The van der Waals surface area contributed by atoms with Crippen LogP contribution in [0.4, 0.5) is 17.6 Å². The lowest BCUT2D eigenvalue weighted by molar-refractivity contribution is 0.0760. The fourth-order valence-corrected chi connectivity index (χ4v) is 3.10. The van der Waals surface area contributed by atoms with Gasteiger partial charge in [0.1, 0.15) is 23.3 Å². The summed E-state index contributed by atoms with van der Waals surface area (Å²) in [6, 6.07) is 6.07. The van der Waals surface area contributed by atoms with Crippen molar-refractivity contribution in [3.63, 3.8) is 0 Å². The molecule has 1 aliphatic rings. The van der Waals surface area contributed by atoms with Gasteiger partial charge in [0.05, 0.1) is 0 Å². The van der Waals surface area contributed by atoms with E-state index in [9.17, 15) is 22.4 Å². The van der Waals surface area contributed by atoms with Crippen molar-refractivity contribution in [3.8, 4) is 0 Å². The summed E-state index contributed by atoms with van der Waals surface area (Å²) in [5, 5.41) is 0. The Morgan fingerprint density at radius 3 is 2.31 bits per heavy atom. The molecule has 0 bridgehead atoms. The van der Waals surface area contributed by atoms with Gasteiger partial charge in [0.25, 0.3) is 5.91 Å². The van der Waals surface area contributed by atoms with Crippen LogP contribution < -0.4 is 0 Å². The van der Waals surface area contributed by atoms with Crippen LogP contribution in [-0.2, 0) is 6.54 Å². The zero-order valence-electron chi connectivity index (χ0n) is 14.0. The lowest BCUT2D eigenvalue weighted by atomic mass is 10.2. The Kier molecular flexibility index (Phi) is 5.56. The van der Waals surface area contributed by atoms with Gasteiger partial charge in [-0.15, -0.1) is 0 Å². The van der Waals surface area contributed by atoms with Crippen molar-refractivity contribution in [1.82, 2.24) is 9.80 Å². The number of nitrogens with zero attached hydrogens (tertiary/aromatic N) is 2. The third-order valence-electron chi connectivity index (χ3n) is 4.39. The van der Waals surface area contributed by atoms with E-state index in [1.807, 2.05) is 4.90 Å². The van der Waals surface area contributed by atoms with Gasteiger partial charge in [0, 0.05) is 49.9 Å². The molecule has 1 saturated heterocycles. The molecule has 0 aromatic heterocycles. The number of carbonyl (C=O) groups is 1. The minimum atomic E-state index is -0.800. The first kappa shape index (κ1) is 18.4. The molecule has 3 rings (SSSR count). The summed E-state index contributed by atoms with van der Waals surface area (Å²) in [4.78, 5) is 15.9. The molecule has 26 heavy (non-hydrogen) atoms. The second-order valence-corrected chi connectivity index (χ2v) is 6.32. The van der Waals surface area contributed by atoms with Gasteiger partial charge in [0.2, 0.25) is 0 Å². The molecule has 0 atom stereocenters. The molecule has 1 amide bonds. The van der Waals surface area contributed by atoms with Crippen molar-refractivity contribution < 1.29 is 22.4 Å². The van der Waals surface area contributed by atoms with Gasteiger partial charge in [-0.05, 0) is 36.8 Å². The molecule has 1 fully saturated rings. The van der Waals surface area contributed by atoms with Crippen LogP contribution in [0, 0.1) is 23.3 Å². The fourth-order valence-electron chi connectivity index (χ4n) is 3.10. The number of carbonyl (C=O) groups excluding carboxylic acids is 1. The molecule has 2 aromatic carbocycles. The third-order valence-corrected chi connectivity index (χ3v) is 4.39. The van der Waals surface area contributed by atoms with Gasteiger partial charge in [-0.25, -0.2) is 17.6 Å². The van der Waals surface area contributed by atoms with E-state index >= 15 is 0 Å². The Hall–Kier alpha value is -2.41. The van der Waals surface area contributed by atoms with Crippen molar-refractivity contribution in [2.45, 2.75) is 13.0 Å². The summed E-state index contributed by atoms with van der Waals surface area (Å²) in [5.74, 6) is -3.01. The molecule has 3 nitrogen and oxygen atoms in total. The molecule has 138 valence electrons. The summed E-state index contributed by atoms with van der Waals surface area (Å²) >= 11 is 0. The number of halogens is 4. The first-order valence-corrected chi connectivity index (χ1v) is 8.34. The second-order valence-electron chi connectivity index (χ2n) is 6.32. The standard InChI is InChI=1S/C19H18F4N2O/c20-15-2-3-18(23)14(10-15)12-24-4-1-5-25(7-6-24)19(26)13-8-16(21)11-17(22)9-13/h2-3,8-11H,1,4-7,12H2. The highest BCUT2D eigenvalue weighted by atomic mass is 19.1. The molecule has 0 radical (unpaired) electrons. The van der Waals surface area contributed by atoms with Crippen molar-refractivity contribution in [2.24, 2.45) is 0 Å². The lowest BCUT2D eigenvalue weighted by Crippen LogP contribution is -2.35. The molecule has 1 heterocycles. The highest BCUT2D eigenvalue weighted by Gasteiger charge is 2.22. The second kappa shape index (κ2) is 7.86. The topological polar surface area (TPSA) is 23.6 Å². The van der Waals surface area contributed by atoms with E-state index < -0.39 is 29.2 Å². The van der Waals surface area contributed by atoms with Gasteiger partial charge in [-0.2, -0.15) is 0 Å². The van der Waals surface area contributed by atoms with Crippen molar-refractivity contribution >= 4 is 5.91 Å². The Balaban J connectivity index is 1.66. The van der Waals surface area contributed by atoms with Crippen LogP contribution in [0.15, 0.2) is 36.4 Å². The summed E-state index contributed by atoms with van der Waals surface area (Å²) in [5.41, 5.74) is 0.226. The zero-order chi connectivity index (χ0) is 18.7. The predicted molar refractivity (Wildman–Crippen MR) is 88.5 cm³/mol. The quantitative estimate of drug-likeness (QED) is 0.775. The minimum Gasteiger partial charge on any atom is -0.337 e. The molecular formula is C19H18F4N2O. The van der Waals surface area contributed by atoms with E-state index in [-0.39, 0.29) is 17.7 Å². The van der Waals surface area contributed by atoms with Crippen molar-refractivity contribution in [1.29, 1.82) is 0 Å². The Bertz CT molecular complexity index is 792. The summed E-state index contributed by atoms with van der Waals surface area (Å²) in [7, 11) is 0. The average molecular weight is 366 g/mol. The van der Waals surface area contributed by atoms with Crippen LogP contribution in [0.3, 0.4) is 0 Å². The minimum absolute atomic E-state index is 0.0351. The molecule has 0 spiro atoms. The Morgan fingerprint density at radius 2 is 1.58 bits per heavy atom. The summed E-state index contributed by atoms with van der Waals surface area (Å²) in [6.07, 6.45) is 0.625. The maximum Gasteiger partial charge on any atom is 0.254 e. The molecule has 2 aromatic rings. The van der Waals surface area contributed by atoms with Gasteiger partial charge in [0.15, 0.2) is 0 Å². The molecule has 0 saturated carbocycles. The monoisotopic (exact) mass is 366 g/mol. The maximum absolute atomic E-state index is 13.8. The highest BCUT2D eigenvalue weighted by Crippen LogP contribution is 2.16.